The summed E-state index contributed by atoms with van der Waals surface area (Å²) in [6.07, 6.45) is 1.13. The van der Waals surface area contributed by atoms with Crippen molar-refractivity contribution in [3.05, 3.63) is 57.1 Å². The van der Waals surface area contributed by atoms with Gasteiger partial charge in [0.05, 0.1) is 22.4 Å². The third kappa shape index (κ3) is 5.17. The van der Waals surface area contributed by atoms with Gasteiger partial charge in [0.2, 0.25) is 5.91 Å². The van der Waals surface area contributed by atoms with Crippen LogP contribution in [0, 0.1) is 13.8 Å². The first-order valence-electron chi connectivity index (χ1n) is 8.92. The molecule has 0 saturated heterocycles. The van der Waals surface area contributed by atoms with E-state index in [1.165, 1.54) is 0 Å². The highest BCUT2D eigenvalue weighted by Gasteiger charge is 2.14. The molecule has 7 heteroatoms. The van der Waals surface area contributed by atoms with Gasteiger partial charge >= 0.3 is 0 Å². The van der Waals surface area contributed by atoms with Crippen LogP contribution in [0.4, 0.5) is 0 Å². The number of hydrogen-bond acceptors (Lipinski definition) is 4. The molecule has 0 radical (unpaired) electrons. The summed E-state index contributed by atoms with van der Waals surface area (Å²) in [7, 11) is 0. The Kier molecular flexibility index (Phi) is 6.29. The van der Waals surface area contributed by atoms with Crippen molar-refractivity contribution in [1.82, 2.24) is 20.1 Å². The Morgan fingerprint density at radius 2 is 2.04 bits per heavy atom. The maximum atomic E-state index is 12.2. The van der Waals surface area contributed by atoms with Gasteiger partial charge < -0.3 is 5.32 Å². The molecule has 0 fully saturated rings. The molecule has 1 unspecified atom stereocenters. The quantitative estimate of drug-likeness (QED) is 0.628. The predicted octanol–water partition coefficient (Wildman–Crippen LogP) is 4.59. The number of rotatable bonds is 7. The molecule has 1 aromatic carbocycles. The molecule has 3 rings (SSSR count). The van der Waals surface area contributed by atoms with Crippen LogP contribution in [-0.2, 0) is 11.2 Å². The minimum absolute atomic E-state index is 0.0320. The number of nitrogens with zero attached hydrogens (tertiary/aromatic N) is 3. The molecule has 0 aliphatic carbocycles. The Morgan fingerprint density at radius 3 is 2.70 bits per heavy atom. The molecule has 2 heterocycles. The Labute approximate surface area is 168 Å². The fourth-order valence-corrected chi connectivity index (χ4v) is 3.94. The zero-order chi connectivity index (χ0) is 19.4. The average Bonchev–Trinajstić information content (AvgIpc) is 3.22. The van der Waals surface area contributed by atoms with Crippen molar-refractivity contribution >= 4 is 28.8 Å². The minimum atomic E-state index is 0.0320. The molecule has 0 bridgehead atoms. The number of hydrogen-bond donors (Lipinski definition) is 1. The molecule has 5 nitrogen and oxygen atoms in total. The Balaban J connectivity index is 1.47. The van der Waals surface area contributed by atoms with Crippen LogP contribution in [0.15, 0.2) is 35.7 Å². The van der Waals surface area contributed by atoms with E-state index in [0.29, 0.717) is 18.0 Å². The number of carbonyl (C=O) groups excluding carboxylic acids is 1. The monoisotopic (exact) mass is 402 g/mol. The van der Waals surface area contributed by atoms with Gasteiger partial charge in [-0.05, 0) is 39.0 Å². The van der Waals surface area contributed by atoms with E-state index in [-0.39, 0.29) is 11.9 Å². The van der Waals surface area contributed by atoms with Gasteiger partial charge in [-0.25, -0.2) is 4.98 Å². The van der Waals surface area contributed by atoms with Crippen molar-refractivity contribution < 1.29 is 4.79 Å². The van der Waals surface area contributed by atoms with Crippen molar-refractivity contribution in [2.45, 2.75) is 39.7 Å². The molecule has 1 N–H and O–H groups in total. The fourth-order valence-electron chi connectivity index (χ4n) is 3.01. The van der Waals surface area contributed by atoms with Gasteiger partial charge in [-0.2, -0.15) is 5.10 Å². The summed E-state index contributed by atoms with van der Waals surface area (Å²) < 4.78 is 1.91. The molecule has 2 aromatic heterocycles. The molecule has 3 aromatic rings. The summed E-state index contributed by atoms with van der Waals surface area (Å²) in [4.78, 5) is 16.9. The van der Waals surface area contributed by atoms with Gasteiger partial charge in [0.15, 0.2) is 0 Å². The van der Waals surface area contributed by atoms with Crippen LogP contribution < -0.4 is 5.32 Å². The third-order valence-corrected chi connectivity index (χ3v) is 5.46. The maximum absolute atomic E-state index is 12.2. The van der Waals surface area contributed by atoms with E-state index in [1.54, 1.807) is 11.3 Å². The summed E-state index contributed by atoms with van der Waals surface area (Å²) in [6, 6.07) is 9.71. The van der Waals surface area contributed by atoms with E-state index in [1.807, 2.05) is 61.2 Å². The van der Waals surface area contributed by atoms with Crippen molar-refractivity contribution in [2.24, 2.45) is 0 Å². The van der Waals surface area contributed by atoms with Crippen molar-refractivity contribution in [3.8, 4) is 11.3 Å². The van der Waals surface area contributed by atoms with E-state index in [0.717, 1.165) is 34.1 Å². The van der Waals surface area contributed by atoms with Gasteiger partial charge in [-0.3, -0.25) is 9.48 Å². The molecule has 0 spiro atoms. The lowest BCUT2D eigenvalue weighted by atomic mass is 10.2. The summed E-state index contributed by atoms with van der Waals surface area (Å²) in [6.45, 7) is 6.56. The van der Waals surface area contributed by atoms with E-state index >= 15 is 0 Å². The largest absolute Gasteiger partial charge is 0.356 e. The first-order chi connectivity index (χ1) is 12.9. The van der Waals surface area contributed by atoms with Crippen molar-refractivity contribution in [1.29, 1.82) is 0 Å². The van der Waals surface area contributed by atoms with Crippen LogP contribution >= 0.6 is 22.9 Å². The number of nitrogens with one attached hydrogen (secondary N) is 1. The van der Waals surface area contributed by atoms with E-state index in [4.69, 9.17) is 11.6 Å². The zero-order valence-electron chi connectivity index (χ0n) is 15.7. The molecule has 0 saturated carbocycles. The summed E-state index contributed by atoms with van der Waals surface area (Å²) in [5.74, 6) is 0.0320. The molecular formula is C20H23ClN4OS. The Morgan fingerprint density at radius 1 is 1.30 bits per heavy atom. The lowest BCUT2D eigenvalue weighted by Crippen LogP contribution is -2.28. The standard InChI is InChI=1S/C20H23ClN4OS/c1-13-10-14(2)25(24-13)15(3)11-19(26)22-9-8-20-23-18(12-27-20)16-4-6-17(21)7-5-16/h4-7,10,12,15H,8-9,11H2,1-3H3,(H,22,26). The highest BCUT2D eigenvalue weighted by Crippen LogP contribution is 2.23. The zero-order valence-corrected chi connectivity index (χ0v) is 17.3. The maximum Gasteiger partial charge on any atom is 0.222 e. The number of halogens is 1. The number of benzene rings is 1. The average molecular weight is 403 g/mol. The van der Waals surface area contributed by atoms with Crippen LogP contribution in [0.2, 0.25) is 5.02 Å². The molecule has 0 aliphatic heterocycles. The van der Waals surface area contributed by atoms with Gasteiger partial charge in [0, 0.05) is 41.0 Å². The van der Waals surface area contributed by atoms with Crippen LogP contribution in [0.5, 0.6) is 0 Å². The summed E-state index contributed by atoms with van der Waals surface area (Å²) in [5, 5.41) is 11.2. The highest BCUT2D eigenvalue weighted by atomic mass is 35.5. The molecular weight excluding hydrogens is 380 g/mol. The number of carbonyl (C=O) groups is 1. The number of aryl methyl sites for hydroxylation is 2. The van der Waals surface area contributed by atoms with Gasteiger partial charge in [0.1, 0.15) is 0 Å². The number of aromatic nitrogens is 3. The second kappa shape index (κ2) is 8.67. The second-order valence-electron chi connectivity index (χ2n) is 6.66. The SMILES string of the molecule is Cc1cc(C)n(C(C)CC(=O)NCCc2nc(-c3ccc(Cl)cc3)cs2)n1. The normalized spacial score (nSPS) is 12.1. The molecule has 1 atom stereocenters. The fraction of sp³-hybridized carbons (Fsp3) is 0.350. The van der Waals surface area contributed by atoms with Crippen molar-refractivity contribution in [3.63, 3.8) is 0 Å². The van der Waals surface area contributed by atoms with E-state index < -0.39 is 0 Å². The lowest BCUT2D eigenvalue weighted by Gasteiger charge is -2.14. The molecule has 27 heavy (non-hydrogen) atoms. The third-order valence-electron chi connectivity index (χ3n) is 4.30. The topological polar surface area (TPSA) is 59.8 Å². The van der Waals surface area contributed by atoms with Gasteiger partial charge in [-0.1, -0.05) is 23.7 Å². The van der Waals surface area contributed by atoms with Crippen LogP contribution in [-0.4, -0.2) is 27.2 Å². The Hall–Kier alpha value is -2.18. The van der Waals surface area contributed by atoms with Crippen LogP contribution in [0.3, 0.4) is 0 Å². The Bertz CT molecular complexity index is 916. The van der Waals surface area contributed by atoms with Gasteiger partial charge in [0.25, 0.3) is 0 Å². The molecule has 142 valence electrons. The smallest absolute Gasteiger partial charge is 0.222 e. The summed E-state index contributed by atoms with van der Waals surface area (Å²) in [5.41, 5.74) is 4.03. The second-order valence-corrected chi connectivity index (χ2v) is 8.04. The van der Waals surface area contributed by atoms with E-state index in [9.17, 15) is 4.79 Å². The van der Waals surface area contributed by atoms with E-state index in [2.05, 4.69) is 15.4 Å². The first-order valence-corrected chi connectivity index (χ1v) is 10.2. The number of amides is 1. The summed E-state index contributed by atoms with van der Waals surface area (Å²) >= 11 is 7.53. The molecule has 0 aliphatic rings. The number of thiazole rings is 1. The first kappa shape index (κ1) is 19.6. The minimum Gasteiger partial charge on any atom is -0.356 e. The van der Waals surface area contributed by atoms with Crippen molar-refractivity contribution in [2.75, 3.05) is 6.54 Å². The van der Waals surface area contributed by atoms with Crippen LogP contribution in [0.25, 0.3) is 11.3 Å². The van der Waals surface area contributed by atoms with Crippen LogP contribution in [0.1, 0.15) is 35.8 Å². The lowest BCUT2D eigenvalue weighted by molar-refractivity contribution is -0.121. The highest BCUT2D eigenvalue weighted by molar-refractivity contribution is 7.09. The van der Waals surface area contributed by atoms with Gasteiger partial charge in [-0.15, -0.1) is 11.3 Å². The predicted molar refractivity (Wildman–Crippen MR) is 110 cm³/mol. The molecule has 1 amide bonds.